The first kappa shape index (κ1) is 11.3. The number of nitrogens with one attached hydrogen (secondary N) is 2. The van der Waals surface area contributed by atoms with Crippen LogP contribution in [0.1, 0.15) is 5.56 Å². The van der Waals surface area contributed by atoms with Crippen molar-refractivity contribution in [3.63, 3.8) is 0 Å². The third-order valence-electron chi connectivity index (χ3n) is 2.55. The van der Waals surface area contributed by atoms with Crippen molar-refractivity contribution in [3.8, 4) is 11.5 Å². The van der Waals surface area contributed by atoms with Crippen LogP contribution in [-0.4, -0.2) is 23.0 Å². The highest BCUT2D eigenvalue weighted by molar-refractivity contribution is 5.83. The van der Waals surface area contributed by atoms with E-state index in [9.17, 15) is 9.59 Å². The topological polar surface area (TPSA) is 96.5 Å². The SMILES string of the molecule is O=c1[nH]cc(N=Cc2ccc3c(c2)OCO3)c(=O)[nH]1. The quantitative estimate of drug-likeness (QED) is 0.769. The Morgan fingerprint density at radius 2 is 2.05 bits per heavy atom. The molecule has 0 unspecified atom stereocenters. The number of aliphatic imine (C=N–C) groups is 1. The van der Waals surface area contributed by atoms with Gasteiger partial charge in [-0.1, -0.05) is 0 Å². The van der Waals surface area contributed by atoms with E-state index >= 15 is 0 Å². The van der Waals surface area contributed by atoms with E-state index in [1.54, 1.807) is 18.2 Å². The fraction of sp³-hybridized carbons (Fsp3) is 0.0833. The van der Waals surface area contributed by atoms with Gasteiger partial charge in [-0.15, -0.1) is 0 Å². The van der Waals surface area contributed by atoms with E-state index in [2.05, 4.69) is 15.0 Å². The molecule has 7 heteroatoms. The van der Waals surface area contributed by atoms with Crippen molar-refractivity contribution in [1.82, 2.24) is 9.97 Å². The minimum atomic E-state index is -0.563. The smallest absolute Gasteiger partial charge is 0.325 e. The number of rotatable bonds is 2. The maximum absolute atomic E-state index is 11.4. The number of fused-ring (bicyclic) bond motifs is 1. The maximum Gasteiger partial charge on any atom is 0.325 e. The zero-order valence-electron chi connectivity index (χ0n) is 9.67. The zero-order chi connectivity index (χ0) is 13.2. The van der Waals surface area contributed by atoms with E-state index in [1.165, 1.54) is 12.4 Å². The highest BCUT2D eigenvalue weighted by Crippen LogP contribution is 2.32. The van der Waals surface area contributed by atoms with Crippen LogP contribution in [0.25, 0.3) is 0 Å². The molecule has 0 fully saturated rings. The lowest BCUT2D eigenvalue weighted by Gasteiger charge is -1.97. The van der Waals surface area contributed by atoms with Gasteiger partial charge >= 0.3 is 5.69 Å². The predicted molar refractivity (Wildman–Crippen MR) is 67.5 cm³/mol. The van der Waals surface area contributed by atoms with Gasteiger partial charge in [0, 0.05) is 12.4 Å². The molecule has 0 spiro atoms. The summed E-state index contributed by atoms with van der Waals surface area (Å²) in [6.07, 6.45) is 2.76. The molecule has 0 saturated heterocycles. The lowest BCUT2D eigenvalue weighted by molar-refractivity contribution is 0.174. The molecule has 0 saturated carbocycles. The van der Waals surface area contributed by atoms with Crippen LogP contribution in [0.5, 0.6) is 11.5 Å². The highest BCUT2D eigenvalue weighted by atomic mass is 16.7. The number of ether oxygens (including phenoxy) is 2. The van der Waals surface area contributed by atoms with Gasteiger partial charge < -0.3 is 14.5 Å². The molecule has 1 aromatic carbocycles. The average molecular weight is 259 g/mol. The molecule has 2 N–H and O–H groups in total. The summed E-state index contributed by atoms with van der Waals surface area (Å²) < 4.78 is 10.4. The Morgan fingerprint density at radius 1 is 1.21 bits per heavy atom. The van der Waals surface area contributed by atoms with Crippen molar-refractivity contribution in [2.45, 2.75) is 0 Å². The normalized spacial score (nSPS) is 13.1. The molecule has 0 atom stereocenters. The van der Waals surface area contributed by atoms with Gasteiger partial charge in [-0.2, -0.15) is 0 Å². The zero-order valence-corrected chi connectivity index (χ0v) is 9.67. The van der Waals surface area contributed by atoms with Crippen LogP contribution < -0.4 is 20.7 Å². The van der Waals surface area contributed by atoms with Gasteiger partial charge in [0.2, 0.25) is 6.79 Å². The third kappa shape index (κ3) is 2.25. The van der Waals surface area contributed by atoms with Gasteiger partial charge in [-0.05, 0) is 23.8 Å². The molecule has 19 heavy (non-hydrogen) atoms. The Morgan fingerprint density at radius 3 is 2.89 bits per heavy atom. The second kappa shape index (κ2) is 4.45. The molecular weight excluding hydrogens is 250 g/mol. The van der Waals surface area contributed by atoms with Crippen LogP contribution >= 0.6 is 0 Å². The van der Waals surface area contributed by atoms with Crippen molar-refractivity contribution in [1.29, 1.82) is 0 Å². The molecule has 96 valence electrons. The van der Waals surface area contributed by atoms with Gasteiger partial charge in [0.25, 0.3) is 5.56 Å². The van der Waals surface area contributed by atoms with Gasteiger partial charge in [-0.3, -0.25) is 9.78 Å². The number of H-pyrrole nitrogens is 2. The number of hydrogen-bond acceptors (Lipinski definition) is 5. The van der Waals surface area contributed by atoms with Crippen molar-refractivity contribution < 1.29 is 9.47 Å². The van der Waals surface area contributed by atoms with Crippen LogP contribution in [0.3, 0.4) is 0 Å². The average Bonchev–Trinajstić information content (AvgIpc) is 2.85. The Kier molecular flexibility index (Phi) is 2.64. The molecule has 1 aliphatic heterocycles. The van der Waals surface area contributed by atoms with Crippen molar-refractivity contribution in [3.05, 3.63) is 50.8 Å². The van der Waals surface area contributed by atoms with Gasteiger partial charge in [0.15, 0.2) is 11.5 Å². The molecule has 0 aliphatic carbocycles. The molecule has 1 aromatic heterocycles. The lowest BCUT2D eigenvalue weighted by atomic mass is 10.2. The first-order valence-corrected chi connectivity index (χ1v) is 5.48. The van der Waals surface area contributed by atoms with Crippen LogP contribution in [-0.2, 0) is 0 Å². The summed E-state index contributed by atoms with van der Waals surface area (Å²) in [7, 11) is 0. The molecule has 0 bridgehead atoms. The number of hydrogen-bond donors (Lipinski definition) is 2. The predicted octanol–water partition coefficient (Wildman–Crippen LogP) is 0.542. The Hall–Kier alpha value is -2.83. The van der Waals surface area contributed by atoms with E-state index < -0.39 is 11.2 Å². The van der Waals surface area contributed by atoms with E-state index in [-0.39, 0.29) is 12.5 Å². The Balaban J connectivity index is 1.90. The van der Waals surface area contributed by atoms with Crippen molar-refractivity contribution >= 4 is 11.9 Å². The van der Waals surface area contributed by atoms with Crippen LogP contribution in [0.2, 0.25) is 0 Å². The first-order chi connectivity index (χ1) is 9.22. The van der Waals surface area contributed by atoms with Gasteiger partial charge in [-0.25, -0.2) is 9.79 Å². The molecule has 3 rings (SSSR count). The Labute approximate surface area is 106 Å². The standard InChI is InChI=1S/C12H9N3O4/c16-11-8(5-14-12(17)15-11)13-4-7-1-2-9-10(3-7)19-6-18-9/h1-5H,6H2,(H2,14,15,16,17). The fourth-order valence-corrected chi connectivity index (χ4v) is 1.64. The van der Waals surface area contributed by atoms with E-state index in [4.69, 9.17) is 9.47 Å². The minimum absolute atomic E-state index is 0.122. The second-order valence-corrected chi connectivity index (χ2v) is 3.83. The number of aromatic amines is 2. The molecule has 0 amide bonds. The van der Waals surface area contributed by atoms with Crippen LogP contribution in [0, 0.1) is 0 Å². The van der Waals surface area contributed by atoms with E-state index in [0.717, 1.165) is 5.56 Å². The summed E-state index contributed by atoms with van der Waals surface area (Å²) in [6.45, 7) is 0.204. The minimum Gasteiger partial charge on any atom is -0.454 e. The molecule has 2 heterocycles. The van der Waals surface area contributed by atoms with Gasteiger partial charge in [0.05, 0.1) is 0 Å². The molecule has 2 aromatic rings. The summed E-state index contributed by atoms with van der Waals surface area (Å²) >= 11 is 0. The number of nitrogens with zero attached hydrogens (tertiary/aromatic N) is 1. The summed E-state index contributed by atoms with van der Waals surface area (Å²) in [4.78, 5) is 30.7. The fourth-order valence-electron chi connectivity index (χ4n) is 1.64. The molecule has 0 radical (unpaired) electrons. The molecular formula is C12H9N3O4. The third-order valence-corrected chi connectivity index (χ3v) is 2.55. The first-order valence-electron chi connectivity index (χ1n) is 5.48. The van der Waals surface area contributed by atoms with Gasteiger partial charge in [0.1, 0.15) is 5.69 Å². The molecule has 7 nitrogen and oxygen atoms in total. The number of benzene rings is 1. The largest absolute Gasteiger partial charge is 0.454 e. The molecule has 1 aliphatic rings. The van der Waals surface area contributed by atoms with Crippen LogP contribution in [0.4, 0.5) is 5.69 Å². The van der Waals surface area contributed by atoms with Crippen molar-refractivity contribution in [2.75, 3.05) is 6.79 Å². The Bertz CT molecular complexity index is 760. The summed E-state index contributed by atoms with van der Waals surface area (Å²) in [5.41, 5.74) is -0.222. The summed E-state index contributed by atoms with van der Waals surface area (Å²) in [5, 5.41) is 0. The monoisotopic (exact) mass is 259 g/mol. The van der Waals surface area contributed by atoms with E-state index in [1.807, 2.05) is 0 Å². The highest BCUT2D eigenvalue weighted by Gasteiger charge is 2.12. The summed E-state index contributed by atoms with van der Waals surface area (Å²) in [6, 6.07) is 5.31. The second-order valence-electron chi connectivity index (χ2n) is 3.83. The summed E-state index contributed by atoms with van der Waals surface area (Å²) in [5.74, 6) is 1.32. The van der Waals surface area contributed by atoms with Crippen molar-refractivity contribution in [2.24, 2.45) is 4.99 Å². The maximum atomic E-state index is 11.4. The van der Waals surface area contributed by atoms with Crippen LogP contribution in [0.15, 0.2) is 39.0 Å². The van der Waals surface area contributed by atoms with E-state index in [0.29, 0.717) is 11.5 Å². The lowest BCUT2D eigenvalue weighted by Crippen LogP contribution is -2.20. The number of aromatic nitrogens is 2.